The third-order valence-electron chi connectivity index (χ3n) is 3.11. The first-order valence-electron chi connectivity index (χ1n) is 6.81. The summed E-state index contributed by atoms with van der Waals surface area (Å²) < 4.78 is 15.4. The van der Waals surface area contributed by atoms with Crippen molar-refractivity contribution in [3.8, 4) is 0 Å². The number of nitrogens with zero attached hydrogens (tertiary/aromatic N) is 3. The summed E-state index contributed by atoms with van der Waals surface area (Å²) in [5.41, 5.74) is 0.755. The second-order valence-electron chi connectivity index (χ2n) is 4.80. The number of rotatable bonds is 4. The summed E-state index contributed by atoms with van der Waals surface area (Å²) in [5.74, 6) is -0.926. The largest absolute Gasteiger partial charge is 0.305 e. The molecule has 23 heavy (non-hydrogen) atoms. The first-order chi connectivity index (χ1) is 11.1. The lowest BCUT2D eigenvalue weighted by Crippen LogP contribution is -2.14. The van der Waals surface area contributed by atoms with Gasteiger partial charge in [0.2, 0.25) is 0 Å². The minimum Gasteiger partial charge on any atom is -0.305 e. The molecule has 0 radical (unpaired) electrons. The normalized spacial score (nSPS) is 10.5. The molecule has 1 N–H and O–H groups in total. The fourth-order valence-electron chi connectivity index (χ4n) is 2.03. The Morgan fingerprint density at radius 2 is 2.13 bits per heavy atom. The fraction of sp³-hybridized carbons (Fsp3) is 0.0625. The minimum atomic E-state index is -0.678. The summed E-state index contributed by atoms with van der Waals surface area (Å²) in [7, 11) is 0. The van der Waals surface area contributed by atoms with Crippen LogP contribution in [0.2, 0.25) is 5.02 Å². The van der Waals surface area contributed by atoms with Crippen molar-refractivity contribution >= 4 is 23.3 Å². The van der Waals surface area contributed by atoms with E-state index in [9.17, 15) is 9.18 Å². The SMILES string of the molecule is O=C(Nc1ccn(Cc2ccccn2)n1)c1ccc(Cl)cc1F. The number of pyridine rings is 1. The molecule has 7 heteroatoms. The van der Waals surface area contributed by atoms with Crippen LogP contribution >= 0.6 is 11.6 Å². The third kappa shape index (κ3) is 3.73. The molecule has 1 amide bonds. The van der Waals surface area contributed by atoms with Gasteiger partial charge in [0.05, 0.1) is 17.8 Å². The zero-order chi connectivity index (χ0) is 16.2. The molecule has 0 saturated carbocycles. The van der Waals surface area contributed by atoms with Crippen molar-refractivity contribution < 1.29 is 9.18 Å². The Labute approximate surface area is 136 Å². The topological polar surface area (TPSA) is 59.8 Å². The van der Waals surface area contributed by atoms with Gasteiger partial charge in [0, 0.05) is 23.5 Å². The van der Waals surface area contributed by atoms with Gasteiger partial charge >= 0.3 is 0 Å². The first kappa shape index (κ1) is 15.2. The smallest absolute Gasteiger partial charge is 0.259 e. The van der Waals surface area contributed by atoms with E-state index in [0.29, 0.717) is 12.4 Å². The second kappa shape index (κ2) is 6.58. The van der Waals surface area contributed by atoms with Crippen molar-refractivity contribution in [3.05, 3.63) is 77.0 Å². The van der Waals surface area contributed by atoms with Crippen LogP contribution in [-0.4, -0.2) is 20.7 Å². The van der Waals surface area contributed by atoms with E-state index in [4.69, 9.17) is 11.6 Å². The molecule has 2 aromatic heterocycles. The monoisotopic (exact) mass is 330 g/mol. The number of halogens is 2. The van der Waals surface area contributed by atoms with Crippen molar-refractivity contribution in [2.24, 2.45) is 0 Å². The van der Waals surface area contributed by atoms with Gasteiger partial charge in [0.25, 0.3) is 5.91 Å². The van der Waals surface area contributed by atoms with Crippen molar-refractivity contribution in [2.75, 3.05) is 5.32 Å². The predicted molar refractivity (Wildman–Crippen MR) is 84.9 cm³/mol. The predicted octanol–water partition coefficient (Wildman–Crippen LogP) is 3.37. The van der Waals surface area contributed by atoms with E-state index in [-0.39, 0.29) is 10.6 Å². The highest BCUT2D eigenvalue weighted by Crippen LogP contribution is 2.16. The summed E-state index contributed by atoms with van der Waals surface area (Å²) in [6, 6.07) is 11.1. The Balaban J connectivity index is 1.70. The van der Waals surface area contributed by atoms with Crippen LogP contribution in [0.3, 0.4) is 0 Å². The molecule has 0 fully saturated rings. The maximum atomic E-state index is 13.7. The highest BCUT2D eigenvalue weighted by atomic mass is 35.5. The molecular weight excluding hydrogens is 319 g/mol. The molecule has 3 rings (SSSR count). The van der Waals surface area contributed by atoms with Crippen molar-refractivity contribution in [1.82, 2.24) is 14.8 Å². The van der Waals surface area contributed by atoms with Crippen LogP contribution in [0.15, 0.2) is 54.9 Å². The van der Waals surface area contributed by atoms with Crippen LogP contribution in [0.4, 0.5) is 10.2 Å². The van der Waals surface area contributed by atoms with Gasteiger partial charge in [0.15, 0.2) is 5.82 Å². The number of anilines is 1. The number of amides is 1. The molecule has 0 unspecified atom stereocenters. The average Bonchev–Trinajstić information content (AvgIpc) is 2.95. The van der Waals surface area contributed by atoms with Gasteiger partial charge in [-0.1, -0.05) is 17.7 Å². The molecule has 0 bridgehead atoms. The van der Waals surface area contributed by atoms with Gasteiger partial charge in [-0.2, -0.15) is 5.10 Å². The maximum absolute atomic E-state index is 13.7. The van der Waals surface area contributed by atoms with Gasteiger partial charge in [-0.15, -0.1) is 0 Å². The zero-order valence-electron chi connectivity index (χ0n) is 11.9. The van der Waals surface area contributed by atoms with E-state index in [0.717, 1.165) is 11.8 Å². The van der Waals surface area contributed by atoms with E-state index < -0.39 is 11.7 Å². The fourth-order valence-corrected chi connectivity index (χ4v) is 2.19. The number of benzene rings is 1. The molecule has 5 nitrogen and oxygen atoms in total. The summed E-state index contributed by atoms with van der Waals surface area (Å²) in [5, 5.41) is 7.00. The molecule has 0 aliphatic heterocycles. The van der Waals surface area contributed by atoms with Crippen LogP contribution in [0.1, 0.15) is 16.1 Å². The average molecular weight is 331 g/mol. The molecule has 116 valence electrons. The van der Waals surface area contributed by atoms with Crippen molar-refractivity contribution in [1.29, 1.82) is 0 Å². The van der Waals surface area contributed by atoms with Gasteiger partial charge in [-0.3, -0.25) is 14.5 Å². The molecular formula is C16H12ClFN4O. The third-order valence-corrected chi connectivity index (χ3v) is 3.34. The quantitative estimate of drug-likeness (QED) is 0.798. The van der Waals surface area contributed by atoms with E-state index in [1.807, 2.05) is 18.2 Å². The summed E-state index contributed by atoms with van der Waals surface area (Å²) in [4.78, 5) is 16.3. The molecule has 0 aliphatic carbocycles. The van der Waals surface area contributed by atoms with E-state index in [1.165, 1.54) is 12.1 Å². The number of hydrogen-bond donors (Lipinski definition) is 1. The summed E-state index contributed by atoms with van der Waals surface area (Å²) >= 11 is 5.67. The number of hydrogen-bond acceptors (Lipinski definition) is 3. The lowest BCUT2D eigenvalue weighted by molar-refractivity contribution is 0.102. The van der Waals surface area contributed by atoms with Gasteiger partial charge in [-0.05, 0) is 30.3 Å². The van der Waals surface area contributed by atoms with Crippen LogP contribution in [0.5, 0.6) is 0 Å². The van der Waals surface area contributed by atoms with E-state index in [1.54, 1.807) is 23.1 Å². The van der Waals surface area contributed by atoms with Gasteiger partial charge in [0.1, 0.15) is 5.82 Å². The zero-order valence-corrected chi connectivity index (χ0v) is 12.7. The molecule has 3 aromatic rings. The molecule has 2 heterocycles. The Kier molecular flexibility index (Phi) is 4.34. The summed E-state index contributed by atoms with van der Waals surface area (Å²) in [6.07, 6.45) is 3.41. The number of carbonyl (C=O) groups excluding carboxylic acids is 1. The highest BCUT2D eigenvalue weighted by Gasteiger charge is 2.13. The Morgan fingerprint density at radius 1 is 1.26 bits per heavy atom. The number of aromatic nitrogens is 3. The Bertz CT molecular complexity index is 835. The van der Waals surface area contributed by atoms with Crippen LogP contribution in [-0.2, 0) is 6.54 Å². The molecule has 1 aromatic carbocycles. The maximum Gasteiger partial charge on any atom is 0.259 e. The summed E-state index contributed by atoms with van der Waals surface area (Å²) in [6.45, 7) is 0.478. The van der Waals surface area contributed by atoms with E-state index in [2.05, 4.69) is 15.4 Å². The van der Waals surface area contributed by atoms with Crippen LogP contribution < -0.4 is 5.32 Å². The van der Waals surface area contributed by atoms with Crippen molar-refractivity contribution in [3.63, 3.8) is 0 Å². The van der Waals surface area contributed by atoms with Crippen molar-refractivity contribution in [2.45, 2.75) is 6.54 Å². The molecule has 0 saturated heterocycles. The molecule has 0 atom stereocenters. The van der Waals surface area contributed by atoms with Crippen LogP contribution in [0, 0.1) is 5.82 Å². The minimum absolute atomic E-state index is 0.0892. The van der Waals surface area contributed by atoms with Gasteiger partial charge in [-0.25, -0.2) is 4.39 Å². The van der Waals surface area contributed by atoms with Gasteiger partial charge < -0.3 is 5.32 Å². The Morgan fingerprint density at radius 3 is 2.87 bits per heavy atom. The number of nitrogens with one attached hydrogen (secondary N) is 1. The Hall–Kier alpha value is -2.73. The molecule has 0 aliphatic rings. The standard InChI is InChI=1S/C16H12ClFN4O/c17-11-4-5-13(14(18)9-11)16(23)20-15-6-8-22(21-15)10-12-3-1-2-7-19-12/h1-9H,10H2,(H,20,21,23). The van der Waals surface area contributed by atoms with Crippen LogP contribution in [0.25, 0.3) is 0 Å². The highest BCUT2D eigenvalue weighted by molar-refractivity contribution is 6.30. The lowest BCUT2D eigenvalue weighted by Gasteiger charge is -2.04. The first-order valence-corrected chi connectivity index (χ1v) is 7.19. The molecule has 0 spiro atoms. The lowest BCUT2D eigenvalue weighted by atomic mass is 10.2. The van der Waals surface area contributed by atoms with E-state index >= 15 is 0 Å². The number of carbonyl (C=O) groups is 1. The second-order valence-corrected chi connectivity index (χ2v) is 5.23.